The maximum Gasteiger partial charge on any atom is 0.573 e. The minimum atomic E-state index is -4.81. The zero-order valence-electron chi connectivity index (χ0n) is 19.0. The number of anilines is 1. The third kappa shape index (κ3) is 8.79. The van der Waals surface area contributed by atoms with Gasteiger partial charge in [-0.15, -0.1) is 23.4 Å². The SMILES string of the molecule is N#CCCC(=O)c1cn(CCCCc2ccc(NC(=O)Cc3cccc(OC(F)(F)F)c3)nn2)nn1. The molecule has 0 fully saturated rings. The Labute approximate surface area is 204 Å². The molecule has 10 nitrogen and oxygen atoms in total. The lowest BCUT2D eigenvalue weighted by Gasteiger charge is -2.10. The number of unbranched alkanes of at least 4 members (excludes halogenated alkanes) is 1. The third-order valence-electron chi connectivity index (χ3n) is 4.84. The number of nitrogens with one attached hydrogen (secondary N) is 1. The molecular weight excluding hydrogens is 479 g/mol. The number of ketones is 1. The van der Waals surface area contributed by atoms with Gasteiger partial charge in [-0.25, -0.2) is 0 Å². The number of benzene rings is 1. The highest BCUT2D eigenvalue weighted by atomic mass is 19.4. The molecule has 36 heavy (non-hydrogen) atoms. The summed E-state index contributed by atoms with van der Waals surface area (Å²) >= 11 is 0. The van der Waals surface area contributed by atoms with E-state index in [9.17, 15) is 22.8 Å². The standard InChI is InChI=1S/C23H22F3N7O3/c24-23(25,26)36-18-7-3-5-16(13-18)14-22(35)28-21-10-9-17(29-31-21)6-1-2-12-33-15-19(30-32-33)20(34)8-4-11-27/h3,5,7,9-10,13,15H,1-2,4,6,8,12,14H2,(H,28,31,35). The molecule has 3 aromatic rings. The molecule has 1 amide bonds. The highest BCUT2D eigenvalue weighted by molar-refractivity contribution is 5.94. The summed E-state index contributed by atoms with van der Waals surface area (Å²) in [6.45, 7) is 0.565. The van der Waals surface area contributed by atoms with Gasteiger partial charge in [0.2, 0.25) is 5.91 Å². The Kier molecular flexibility index (Phi) is 9.04. The molecule has 0 aliphatic carbocycles. The molecule has 0 saturated heterocycles. The maximum absolute atomic E-state index is 12.4. The lowest BCUT2D eigenvalue weighted by atomic mass is 10.1. The van der Waals surface area contributed by atoms with Crippen LogP contribution in [0, 0.1) is 11.3 Å². The second-order valence-electron chi connectivity index (χ2n) is 7.74. The number of aromatic nitrogens is 5. The second-order valence-corrected chi connectivity index (χ2v) is 7.74. The minimum absolute atomic E-state index is 0.119. The molecule has 0 atom stereocenters. The highest BCUT2D eigenvalue weighted by Gasteiger charge is 2.31. The fraction of sp³-hybridized carbons (Fsp3) is 0.348. The number of ether oxygens (including phenoxy) is 1. The van der Waals surface area contributed by atoms with E-state index in [1.807, 2.05) is 6.07 Å². The quantitative estimate of drug-likeness (QED) is 0.293. The van der Waals surface area contributed by atoms with Gasteiger partial charge >= 0.3 is 6.36 Å². The molecule has 2 aromatic heterocycles. The normalized spacial score (nSPS) is 11.1. The van der Waals surface area contributed by atoms with E-state index >= 15 is 0 Å². The molecule has 0 aliphatic heterocycles. The van der Waals surface area contributed by atoms with Crippen LogP contribution in [0.3, 0.4) is 0 Å². The van der Waals surface area contributed by atoms with Crippen LogP contribution in [0.15, 0.2) is 42.6 Å². The Morgan fingerprint density at radius 1 is 1.11 bits per heavy atom. The van der Waals surface area contributed by atoms with Crippen molar-refractivity contribution in [2.24, 2.45) is 0 Å². The molecular formula is C23H22F3N7O3. The average Bonchev–Trinajstić information content (AvgIpc) is 3.29. The second kappa shape index (κ2) is 12.4. The van der Waals surface area contributed by atoms with Crippen LogP contribution in [0.25, 0.3) is 0 Å². The molecule has 0 saturated carbocycles. The Bertz CT molecular complexity index is 1220. The number of nitrogens with zero attached hydrogens (tertiary/aromatic N) is 6. The lowest BCUT2D eigenvalue weighted by molar-refractivity contribution is -0.274. The van der Waals surface area contributed by atoms with Gasteiger partial charge in [-0.3, -0.25) is 14.3 Å². The summed E-state index contributed by atoms with van der Waals surface area (Å²) in [5, 5.41) is 26.9. The van der Waals surface area contributed by atoms with Crippen molar-refractivity contribution in [2.75, 3.05) is 5.32 Å². The van der Waals surface area contributed by atoms with Crippen molar-refractivity contribution in [1.29, 1.82) is 5.26 Å². The zero-order chi connectivity index (χ0) is 26.0. The molecule has 1 N–H and O–H groups in total. The van der Waals surface area contributed by atoms with Crippen LogP contribution in [0.4, 0.5) is 19.0 Å². The number of alkyl halides is 3. The van der Waals surface area contributed by atoms with Crippen LogP contribution in [-0.4, -0.2) is 43.2 Å². The number of carbonyl (C=O) groups is 2. The third-order valence-corrected chi connectivity index (χ3v) is 4.84. The molecule has 1 aromatic carbocycles. The number of hydrogen-bond donors (Lipinski definition) is 1. The summed E-state index contributed by atoms with van der Waals surface area (Å²) in [5.41, 5.74) is 1.32. The van der Waals surface area contributed by atoms with E-state index in [4.69, 9.17) is 5.26 Å². The number of carbonyl (C=O) groups excluding carboxylic acids is 2. The van der Waals surface area contributed by atoms with Crippen molar-refractivity contribution in [3.63, 3.8) is 0 Å². The minimum Gasteiger partial charge on any atom is -0.406 e. The molecule has 188 valence electrons. The largest absolute Gasteiger partial charge is 0.573 e. The number of hydrogen-bond acceptors (Lipinski definition) is 8. The summed E-state index contributed by atoms with van der Waals surface area (Å²) in [6, 6.07) is 10.4. The first kappa shape index (κ1) is 26.3. The predicted molar refractivity (Wildman–Crippen MR) is 120 cm³/mol. The summed E-state index contributed by atoms with van der Waals surface area (Å²) in [5.74, 6) is -0.846. The van der Waals surface area contributed by atoms with Crippen molar-refractivity contribution in [1.82, 2.24) is 25.2 Å². The van der Waals surface area contributed by atoms with Gasteiger partial charge in [0.1, 0.15) is 11.4 Å². The number of aryl methyl sites for hydroxylation is 2. The van der Waals surface area contributed by atoms with Crippen molar-refractivity contribution < 1.29 is 27.5 Å². The van der Waals surface area contributed by atoms with E-state index in [1.54, 1.807) is 23.0 Å². The van der Waals surface area contributed by atoms with Crippen LogP contribution >= 0.6 is 0 Å². The van der Waals surface area contributed by atoms with E-state index in [1.165, 1.54) is 12.1 Å². The van der Waals surface area contributed by atoms with E-state index in [0.29, 0.717) is 18.5 Å². The topological polar surface area (TPSA) is 136 Å². The molecule has 0 unspecified atom stereocenters. The fourth-order valence-electron chi connectivity index (χ4n) is 3.20. The van der Waals surface area contributed by atoms with Crippen LogP contribution < -0.4 is 10.1 Å². The molecule has 3 rings (SSSR count). The first-order valence-corrected chi connectivity index (χ1v) is 11.0. The summed E-state index contributed by atoms with van der Waals surface area (Å²) in [6.07, 6.45) is -0.977. The van der Waals surface area contributed by atoms with E-state index in [0.717, 1.165) is 30.7 Å². The predicted octanol–water partition coefficient (Wildman–Crippen LogP) is 3.66. The van der Waals surface area contributed by atoms with Crippen molar-refractivity contribution >= 4 is 17.5 Å². The van der Waals surface area contributed by atoms with Gasteiger partial charge in [0.15, 0.2) is 11.6 Å². The van der Waals surface area contributed by atoms with Gasteiger partial charge in [-0.05, 0) is 49.1 Å². The average molecular weight is 501 g/mol. The molecule has 0 radical (unpaired) electrons. The fourth-order valence-corrected chi connectivity index (χ4v) is 3.20. The molecule has 0 aliphatic rings. The molecule has 2 heterocycles. The number of halogens is 3. The smallest absolute Gasteiger partial charge is 0.406 e. The van der Waals surface area contributed by atoms with E-state index < -0.39 is 18.0 Å². The van der Waals surface area contributed by atoms with Crippen molar-refractivity contribution in [2.45, 2.75) is 51.4 Å². The molecule has 13 heteroatoms. The van der Waals surface area contributed by atoms with Gasteiger partial charge in [0.25, 0.3) is 0 Å². The maximum atomic E-state index is 12.4. The number of amides is 1. The van der Waals surface area contributed by atoms with Crippen molar-refractivity contribution in [3.8, 4) is 11.8 Å². The Morgan fingerprint density at radius 3 is 2.67 bits per heavy atom. The summed E-state index contributed by atoms with van der Waals surface area (Å²) in [4.78, 5) is 24.0. The van der Waals surface area contributed by atoms with Gasteiger partial charge in [-0.1, -0.05) is 17.3 Å². The highest BCUT2D eigenvalue weighted by Crippen LogP contribution is 2.23. The van der Waals surface area contributed by atoms with Gasteiger partial charge in [0.05, 0.1) is 24.4 Å². The van der Waals surface area contributed by atoms with E-state index in [2.05, 4.69) is 30.6 Å². The monoisotopic (exact) mass is 501 g/mol. The molecule has 0 spiro atoms. The lowest BCUT2D eigenvalue weighted by Crippen LogP contribution is -2.18. The van der Waals surface area contributed by atoms with Crippen molar-refractivity contribution in [3.05, 3.63) is 59.5 Å². The summed E-state index contributed by atoms with van der Waals surface area (Å²) < 4.78 is 42.5. The van der Waals surface area contributed by atoms with Gasteiger partial charge in [0, 0.05) is 19.4 Å². The van der Waals surface area contributed by atoms with Crippen LogP contribution in [0.5, 0.6) is 5.75 Å². The van der Waals surface area contributed by atoms with Crippen LogP contribution in [0.1, 0.15) is 47.4 Å². The number of nitriles is 1. The Morgan fingerprint density at radius 2 is 1.94 bits per heavy atom. The number of Topliss-reactive ketones (excluding diaryl/α,β-unsaturated/α-hetero) is 1. The van der Waals surface area contributed by atoms with E-state index in [-0.39, 0.29) is 36.6 Å². The summed E-state index contributed by atoms with van der Waals surface area (Å²) in [7, 11) is 0. The Hall–Kier alpha value is -4.34. The van der Waals surface area contributed by atoms with Gasteiger partial charge < -0.3 is 10.1 Å². The van der Waals surface area contributed by atoms with Crippen LogP contribution in [0.2, 0.25) is 0 Å². The first-order chi connectivity index (χ1) is 17.2. The number of rotatable bonds is 12. The van der Waals surface area contributed by atoms with Crippen LogP contribution in [-0.2, 0) is 24.2 Å². The van der Waals surface area contributed by atoms with Gasteiger partial charge in [-0.2, -0.15) is 10.4 Å². The molecule has 0 bridgehead atoms. The first-order valence-electron chi connectivity index (χ1n) is 11.0. The zero-order valence-corrected chi connectivity index (χ0v) is 19.0. The Balaban J connectivity index is 1.40.